The number of carbonyl (C=O) groups is 1. The Kier molecular flexibility index (Phi) is 4.01. The van der Waals surface area contributed by atoms with E-state index in [1.807, 2.05) is 6.92 Å². The molecule has 2 fully saturated rings. The first-order valence-electron chi connectivity index (χ1n) is 6.32. The SMILES string of the molecule is CC1(C(=O)NCC2CCCOC2)COCC1N. The van der Waals surface area contributed by atoms with Crippen molar-refractivity contribution >= 4 is 5.91 Å². The van der Waals surface area contributed by atoms with E-state index in [2.05, 4.69) is 5.32 Å². The van der Waals surface area contributed by atoms with Gasteiger partial charge in [-0.3, -0.25) is 4.79 Å². The molecule has 0 spiro atoms. The average molecular weight is 242 g/mol. The van der Waals surface area contributed by atoms with Crippen molar-refractivity contribution in [1.82, 2.24) is 5.32 Å². The maximum Gasteiger partial charge on any atom is 0.229 e. The predicted octanol–water partition coefficient (Wildman–Crippen LogP) is -0.107. The quantitative estimate of drug-likeness (QED) is 0.724. The van der Waals surface area contributed by atoms with Gasteiger partial charge < -0.3 is 20.5 Å². The summed E-state index contributed by atoms with van der Waals surface area (Å²) < 4.78 is 10.7. The highest BCUT2D eigenvalue weighted by Gasteiger charge is 2.44. The molecule has 3 atom stereocenters. The summed E-state index contributed by atoms with van der Waals surface area (Å²) in [6, 6.07) is -0.204. The third-order valence-electron chi connectivity index (χ3n) is 3.84. The number of nitrogens with one attached hydrogen (secondary N) is 1. The second kappa shape index (κ2) is 5.33. The first-order valence-corrected chi connectivity index (χ1v) is 6.32. The van der Waals surface area contributed by atoms with Crippen LogP contribution in [0.4, 0.5) is 0 Å². The molecule has 5 nitrogen and oxygen atoms in total. The maximum atomic E-state index is 12.1. The lowest BCUT2D eigenvalue weighted by molar-refractivity contribution is -0.131. The van der Waals surface area contributed by atoms with Crippen molar-refractivity contribution in [3.63, 3.8) is 0 Å². The van der Waals surface area contributed by atoms with Crippen LogP contribution in [-0.4, -0.2) is 44.9 Å². The zero-order chi connectivity index (χ0) is 12.3. The van der Waals surface area contributed by atoms with Crippen molar-refractivity contribution in [3.8, 4) is 0 Å². The Bertz CT molecular complexity index is 279. The summed E-state index contributed by atoms with van der Waals surface area (Å²) in [6.07, 6.45) is 2.21. The van der Waals surface area contributed by atoms with E-state index in [9.17, 15) is 4.79 Å². The van der Waals surface area contributed by atoms with Gasteiger partial charge in [-0.2, -0.15) is 0 Å². The molecule has 2 aliphatic rings. The third-order valence-corrected chi connectivity index (χ3v) is 3.84. The number of carbonyl (C=O) groups excluding carboxylic acids is 1. The summed E-state index contributed by atoms with van der Waals surface area (Å²) in [5.41, 5.74) is 5.34. The number of hydrogen-bond donors (Lipinski definition) is 2. The second-order valence-electron chi connectivity index (χ2n) is 5.33. The minimum atomic E-state index is -0.574. The molecule has 0 saturated carbocycles. The molecule has 17 heavy (non-hydrogen) atoms. The molecule has 0 aliphatic carbocycles. The van der Waals surface area contributed by atoms with E-state index >= 15 is 0 Å². The molecular weight excluding hydrogens is 220 g/mol. The van der Waals surface area contributed by atoms with Crippen LogP contribution in [0, 0.1) is 11.3 Å². The fourth-order valence-corrected chi connectivity index (χ4v) is 2.33. The van der Waals surface area contributed by atoms with E-state index in [1.54, 1.807) is 0 Å². The Labute approximate surface area is 102 Å². The standard InChI is InChI=1S/C12H22N2O3/c1-12(8-17-7-10(12)13)11(15)14-5-9-3-2-4-16-6-9/h9-10H,2-8,13H2,1H3,(H,14,15). The molecule has 3 N–H and O–H groups in total. The highest BCUT2D eigenvalue weighted by atomic mass is 16.5. The minimum Gasteiger partial charge on any atom is -0.381 e. The molecule has 5 heteroatoms. The van der Waals surface area contributed by atoms with Crippen LogP contribution in [0.2, 0.25) is 0 Å². The average Bonchev–Trinajstić information content (AvgIpc) is 2.69. The van der Waals surface area contributed by atoms with Crippen molar-refractivity contribution in [3.05, 3.63) is 0 Å². The van der Waals surface area contributed by atoms with Crippen LogP contribution in [0.5, 0.6) is 0 Å². The topological polar surface area (TPSA) is 73.6 Å². The molecular formula is C12H22N2O3. The molecule has 2 rings (SSSR count). The maximum absolute atomic E-state index is 12.1. The molecule has 0 radical (unpaired) electrons. The summed E-state index contributed by atoms with van der Waals surface area (Å²) >= 11 is 0. The lowest BCUT2D eigenvalue weighted by Gasteiger charge is -2.28. The zero-order valence-corrected chi connectivity index (χ0v) is 10.4. The molecule has 3 unspecified atom stereocenters. The normalized spacial score (nSPS) is 38.0. The molecule has 0 bridgehead atoms. The molecule has 0 aromatic heterocycles. The Hall–Kier alpha value is -0.650. The number of hydrogen-bond acceptors (Lipinski definition) is 4. The second-order valence-corrected chi connectivity index (χ2v) is 5.33. The Morgan fingerprint density at radius 1 is 1.47 bits per heavy atom. The highest BCUT2D eigenvalue weighted by molar-refractivity contribution is 5.83. The van der Waals surface area contributed by atoms with E-state index in [1.165, 1.54) is 0 Å². The number of rotatable bonds is 3. The number of amides is 1. The first-order chi connectivity index (χ1) is 8.13. The zero-order valence-electron chi connectivity index (χ0n) is 10.4. The summed E-state index contributed by atoms with van der Waals surface area (Å²) in [7, 11) is 0. The monoisotopic (exact) mass is 242 g/mol. The van der Waals surface area contributed by atoms with Crippen LogP contribution in [-0.2, 0) is 14.3 Å². The largest absolute Gasteiger partial charge is 0.381 e. The Balaban J connectivity index is 1.80. The number of ether oxygens (including phenoxy) is 2. The molecule has 1 amide bonds. The van der Waals surface area contributed by atoms with E-state index in [-0.39, 0.29) is 11.9 Å². The fourth-order valence-electron chi connectivity index (χ4n) is 2.33. The number of nitrogens with two attached hydrogens (primary N) is 1. The fraction of sp³-hybridized carbons (Fsp3) is 0.917. The van der Waals surface area contributed by atoms with Crippen LogP contribution in [0.15, 0.2) is 0 Å². The summed E-state index contributed by atoms with van der Waals surface area (Å²) in [4.78, 5) is 12.1. The van der Waals surface area contributed by atoms with Crippen molar-refractivity contribution in [2.75, 3.05) is 33.0 Å². The van der Waals surface area contributed by atoms with Crippen LogP contribution in [0.25, 0.3) is 0 Å². The van der Waals surface area contributed by atoms with Gasteiger partial charge in [-0.1, -0.05) is 0 Å². The van der Waals surface area contributed by atoms with Crippen molar-refractivity contribution < 1.29 is 14.3 Å². The van der Waals surface area contributed by atoms with Crippen LogP contribution < -0.4 is 11.1 Å². The van der Waals surface area contributed by atoms with E-state index in [0.29, 0.717) is 25.7 Å². The van der Waals surface area contributed by atoms with Gasteiger partial charge in [0.05, 0.1) is 25.2 Å². The molecule has 2 aliphatic heterocycles. The lowest BCUT2D eigenvalue weighted by atomic mass is 9.84. The molecule has 98 valence electrons. The third kappa shape index (κ3) is 2.78. The molecule has 2 saturated heterocycles. The van der Waals surface area contributed by atoms with Gasteiger partial charge in [0.1, 0.15) is 0 Å². The van der Waals surface area contributed by atoms with Gasteiger partial charge in [0.15, 0.2) is 0 Å². The van der Waals surface area contributed by atoms with Gasteiger partial charge in [0, 0.05) is 19.2 Å². The van der Waals surface area contributed by atoms with Crippen molar-refractivity contribution in [2.45, 2.75) is 25.8 Å². The Morgan fingerprint density at radius 2 is 2.29 bits per heavy atom. The highest BCUT2D eigenvalue weighted by Crippen LogP contribution is 2.27. The first kappa shape index (κ1) is 12.8. The minimum absolute atomic E-state index is 0.00748. The van der Waals surface area contributed by atoms with Gasteiger partial charge in [0.25, 0.3) is 0 Å². The van der Waals surface area contributed by atoms with Crippen LogP contribution in [0.1, 0.15) is 19.8 Å². The van der Waals surface area contributed by atoms with Gasteiger partial charge in [0.2, 0.25) is 5.91 Å². The summed E-state index contributed by atoms with van der Waals surface area (Å²) in [6.45, 7) is 5.04. The Morgan fingerprint density at radius 3 is 2.88 bits per heavy atom. The van der Waals surface area contributed by atoms with E-state index < -0.39 is 5.41 Å². The summed E-state index contributed by atoms with van der Waals surface area (Å²) in [5.74, 6) is 0.447. The van der Waals surface area contributed by atoms with Gasteiger partial charge >= 0.3 is 0 Å². The van der Waals surface area contributed by atoms with Crippen LogP contribution >= 0.6 is 0 Å². The van der Waals surface area contributed by atoms with Crippen molar-refractivity contribution in [2.24, 2.45) is 17.1 Å². The van der Waals surface area contributed by atoms with Gasteiger partial charge in [-0.15, -0.1) is 0 Å². The molecule has 0 aromatic carbocycles. The van der Waals surface area contributed by atoms with Crippen molar-refractivity contribution in [1.29, 1.82) is 0 Å². The summed E-state index contributed by atoms with van der Waals surface area (Å²) in [5, 5.41) is 2.99. The van der Waals surface area contributed by atoms with Crippen LogP contribution in [0.3, 0.4) is 0 Å². The lowest BCUT2D eigenvalue weighted by Crippen LogP contribution is -2.51. The van der Waals surface area contributed by atoms with E-state index in [4.69, 9.17) is 15.2 Å². The van der Waals surface area contributed by atoms with Gasteiger partial charge in [-0.05, 0) is 25.7 Å². The van der Waals surface area contributed by atoms with E-state index in [0.717, 1.165) is 26.1 Å². The van der Waals surface area contributed by atoms with Gasteiger partial charge in [-0.25, -0.2) is 0 Å². The predicted molar refractivity (Wildman–Crippen MR) is 63.5 cm³/mol. The molecule has 0 aromatic rings. The smallest absolute Gasteiger partial charge is 0.229 e. The molecule has 2 heterocycles.